The van der Waals surface area contributed by atoms with Crippen molar-refractivity contribution in [1.82, 2.24) is 5.32 Å². The Morgan fingerprint density at radius 2 is 2.00 bits per heavy atom. The van der Waals surface area contributed by atoms with Crippen LogP contribution in [0.5, 0.6) is 0 Å². The standard InChI is InChI=1S/C3H3NO4/c5-1-4-2(6)3(7)8/h1H,(H,7,8)(H,4,5,6). The van der Waals surface area contributed by atoms with E-state index >= 15 is 0 Å². The average Bonchev–Trinajstić information content (AvgIpc) is 1.67. The molecule has 0 heterocycles. The molecule has 0 radical (unpaired) electrons. The first-order chi connectivity index (χ1) is 3.68. The molecule has 0 aromatic heterocycles. The van der Waals surface area contributed by atoms with E-state index in [4.69, 9.17) is 5.11 Å². The number of nitrogens with one attached hydrogen (secondary N) is 1. The number of carbonyl (C=O) groups is 3. The minimum atomic E-state index is -1.67. The van der Waals surface area contributed by atoms with Gasteiger partial charge in [0, 0.05) is 0 Å². The molecule has 0 atom stereocenters. The fourth-order valence-electron chi connectivity index (χ4n) is 0.115. The third-order valence-corrected chi connectivity index (χ3v) is 0.384. The molecule has 0 unspecified atom stereocenters. The number of imide groups is 1. The highest BCUT2D eigenvalue weighted by molar-refractivity contribution is 6.33. The average molecular weight is 117 g/mol. The summed E-state index contributed by atoms with van der Waals surface area (Å²) in [6.45, 7) is 0. The van der Waals surface area contributed by atoms with Crippen molar-refractivity contribution in [1.29, 1.82) is 0 Å². The highest BCUT2D eigenvalue weighted by Crippen LogP contribution is 1.58. The molecule has 0 saturated carbocycles. The van der Waals surface area contributed by atoms with Crippen LogP contribution in [-0.2, 0) is 14.4 Å². The summed E-state index contributed by atoms with van der Waals surface area (Å²) >= 11 is 0. The van der Waals surface area contributed by atoms with E-state index in [1.165, 1.54) is 5.32 Å². The monoisotopic (exact) mass is 117 g/mol. The Morgan fingerprint density at radius 1 is 1.50 bits per heavy atom. The van der Waals surface area contributed by atoms with Gasteiger partial charge in [0.15, 0.2) is 0 Å². The second-order valence-electron chi connectivity index (χ2n) is 0.896. The van der Waals surface area contributed by atoms with E-state index in [1.807, 2.05) is 0 Å². The number of hydrogen-bond acceptors (Lipinski definition) is 3. The molecule has 0 fully saturated rings. The topological polar surface area (TPSA) is 83.5 Å². The van der Waals surface area contributed by atoms with Crippen LogP contribution in [0.25, 0.3) is 0 Å². The predicted molar refractivity (Wildman–Crippen MR) is 21.8 cm³/mol. The number of aliphatic carboxylic acids is 1. The van der Waals surface area contributed by atoms with Crippen molar-refractivity contribution in [2.75, 3.05) is 0 Å². The Morgan fingerprint density at radius 3 is 2.12 bits per heavy atom. The summed E-state index contributed by atoms with van der Waals surface area (Å²) in [6.07, 6.45) is 0.0104. The van der Waals surface area contributed by atoms with Crippen LogP contribution in [0.1, 0.15) is 0 Å². The Kier molecular flexibility index (Phi) is 2.25. The number of amides is 2. The van der Waals surface area contributed by atoms with Crippen molar-refractivity contribution < 1.29 is 19.5 Å². The Hall–Kier alpha value is -1.39. The van der Waals surface area contributed by atoms with Crippen LogP contribution in [0.15, 0.2) is 0 Å². The molecule has 5 heteroatoms. The maximum absolute atomic E-state index is 9.80. The number of carboxylic acid groups (broad SMARTS) is 1. The van der Waals surface area contributed by atoms with Crippen LogP contribution >= 0.6 is 0 Å². The molecule has 0 aliphatic carbocycles. The fourth-order valence-corrected chi connectivity index (χ4v) is 0.115. The van der Waals surface area contributed by atoms with Gasteiger partial charge in [-0.1, -0.05) is 0 Å². The fraction of sp³-hybridized carbons (Fsp3) is 0. The maximum Gasteiger partial charge on any atom is 0.394 e. The van der Waals surface area contributed by atoms with E-state index < -0.39 is 11.9 Å². The minimum absolute atomic E-state index is 0.0104. The van der Waals surface area contributed by atoms with Crippen molar-refractivity contribution in [3.05, 3.63) is 0 Å². The van der Waals surface area contributed by atoms with E-state index in [0.29, 0.717) is 0 Å². The van der Waals surface area contributed by atoms with Crippen LogP contribution in [0.4, 0.5) is 0 Å². The Labute approximate surface area is 44.3 Å². The number of hydrogen-bond donors (Lipinski definition) is 2. The Bertz CT molecular complexity index is 129. The van der Waals surface area contributed by atoms with Crippen LogP contribution < -0.4 is 5.32 Å². The van der Waals surface area contributed by atoms with Crippen LogP contribution in [0.3, 0.4) is 0 Å². The second-order valence-corrected chi connectivity index (χ2v) is 0.896. The lowest BCUT2D eigenvalue weighted by Crippen LogP contribution is -2.29. The largest absolute Gasteiger partial charge is 0.474 e. The predicted octanol–water partition coefficient (Wildman–Crippen LogP) is -1.66. The first kappa shape index (κ1) is 6.61. The quantitative estimate of drug-likeness (QED) is 0.318. The summed E-state index contributed by atoms with van der Waals surface area (Å²) in [5.74, 6) is -2.99. The summed E-state index contributed by atoms with van der Waals surface area (Å²) in [6, 6.07) is 0. The smallest absolute Gasteiger partial charge is 0.394 e. The zero-order valence-electron chi connectivity index (χ0n) is 3.75. The van der Waals surface area contributed by atoms with Gasteiger partial charge in [0.05, 0.1) is 0 Å². The maximum atomic E-state index is 9.80. The van der Waals surface area contributed by atoms with Crippen molar-refractivity contribution in [3.8, 4) is 0 Å². The second kappa shape index (κ2) is 2.73. The molecule has 0 bridgehead atoms. The van der Waals surface area contributed by atoms with Gasteiger partial charge in [0.25, 0.3) is 0 Å². The molecular formula is C3H3NO4. The third kappa shape index (κ3) is 1.91. The van der Waals surface area contributed by atoms with Gasteiger partial charge in [-0.25, -0.2) is 4.79 Å². The van der Waals surface area contributed by atoms with E-state index in [1.54, 1.807) is 0 Å². The van der Waals surface area contributed by atoms with Crippen LogP contribution in [0.2, 0.25) is 0 Å². The van der Waals surface area contributed by atoms with Gasteiger partial charge in [-0.05, 0) is 0 Å². The van der Waals surface area contributed by atoms with E-state index in [9.17, 15) is 14.4 Å². The molecular weight excluding hydrogens is 114 g/mol. The minimum Gasteiger partial charge on any atom is -0.474 e. The van der Waals surface area contributed by atoms with Crippen molar-refractivity contribution in [2.45, 2.75) is 0 Å². The molecule has 0 aromatic carbocycles. The van der Waals surface area contributed by atoms with Gasteiger partial charge in [0.1, 0.15) is 0 Å². The molecule has 5 nitrogen and oxygen atoms in total. The van der Waals surface area contributed by atoms with E-state index in [2.05, 4.69) is 0 Å². The Balaban J connectivity index is 3.65. The number of carboxylic acids is 1. The highest BCUT2D eigenvalue weighted by Gasteiger charge is 2.07. The molecule has 2 N–H and O–H groups in total. The highest BCUT2D eigenvalue weighted by atomic mass is 16.4. The lowest BCUT2D eigenvalue weighted by Gasteiger charge is -1.84. The molecule has 0 aliphatic heterocycles. The van der Waals surface area contributed by atoms with E-state index in [0.717, 1.165) is 0 Å². The summed E-state index contributed by atoms with van der Waals surface area (Å²) in [7, 11) is 0. The molecule has 0 rings (SSSR count). The summed E-state index contributed by atoms with van der Waals surface area (Å²) in [5, 5.41) is 9.17. The molecule has 8 heavy (non-hydrogen) atoms. The van der Waals surface area contributed by atoms with Crippen molar-refractivity contribution in [2.24, 2.45) is 0 Å². The number of rotatable bonds is 1. The van der Waals surface area contributed by atoms with Gasteiger partial charge in [-0.3, -0.25) is 14.9 Å². The van der Waals surface area contributed by atoms with Gasteiger partial charge in [-0.2, -0.15) is 0 Å². The third-order valence-electron chi connectivity index (χ3n) is 0.384. The van der Waals surface area contributed by atoms with Crippen molar-refractivity contribution in [3.63, 3.8) is 0 Å². The van der Waals surface area contributed by atoms with Crippen LogP contribution in [-0.4, -0.2) is 23.4 Å². The van der Waals surface area contributed by atoms with Gasteiger partial charge >= 0.3 is 11.9 Å². The summed E-state index contributed by atoms with van der Waals surface area (Å²) in [4.78, 5) is 28.6. The van der Waals surface area contributed by atoms with Crippen molar-refractivity contribution >= 4 is 18.3 Å². The first-order valence-corrected chi connectivity index (χ1v) is 1.66. The zero-order valence-corrected chi connectivity index (χ0v) is 3.75. The molecule has 2 amide bonds. The summed E-state index contributed by atoms with van der Waals surface area (Å²) < 4.78 is 0. The molecule has 0 spiro atoms. The summed E-state index contributed by atoms with van der Waals surface area (Å²) in [5.41, 5.74) is 0. The van der Waals surface area contributed by atoms with Gasteiger partial charge in [0.2, 0.25) is 6.41 Å². The molecule has 0 aliphatic rings. The molecule has 0 saturated heterocycles. The lowest BCUT2D eigenvalue weighted by atomic mass is 10.6. The first-order valence-electron chi connectivity index (χ1n) is 1.66. The SMILES string of the molecule is O=CNC(=O)C(=O)O. The lowest BCUT2D eigenvalue weighted by molar-refractivity contribution is -0.150. The van der Waals surface area contributed by atoms with Gasteiger partial charge in [-0.15, -0.1) is 0 Å². The molecule has 0 aromatic rings. The normalized spacial score (nSPS) is 7.50. The molecule has 44 valence electrons. The zero-order chi connectivity index (χ0) is 6.57. The van der Waals surface area contributed by atoms with Gasteiger partial charge < -0.3 is 5.11 Å². The van der Waals surface area contributed by atoms with E-state index in [-0.39, 0.29) is 6.41 Å². The number of carbonyl (C=O) groups excluding carboxylic acids is 2. The van der Waals surface area contributed by atoms with Crippen LogP contribution in [0, 0.1) is 0 Å².